The van der Waals surface area contributed by atoms with E-state index in [0.29, 0.717) is 6.10 Å². The van der Waals surface area contributed by atoms with Crippen LogP contribution < -0.4 is 0 Å². The number of hydrogen-bond acceptors (Lipinski definition) is 1. The highest BCUT2D eigenvalue weighted by atomic mass is 16.5. The van der Waals surface area contributed by atoms with Gasteiger partial charge in [0.25, 0.3) is 0 Å². The summed E-state index contributed by atoms with van der Waals surface area (Å²) < 4.78 is 5.34. The van der Waals surface area contributed by atoms with Crippen LogP contribution in [0.4, 0.5) is 0 Å². The van der Waals surface area contributed by atoms with Crippen LogP contribution in [0.15, 0.2) is 12.2 Å². The van der Waals surface area contributed by atoms with E-state index in [1.54, 1.807) is 0 Å². The van der Waals surface area contributed by atoms with E-state index in [2.05, 4.69) is 19.1 Å². The van der Waals surface area contributed by atoms with E-state index in [-0.39, 0.29) is 0 Å². The summed E-state index contributed by atoms with van der Waals surface area (Å²) >= 11 is 0. The maximum absolute atomic E-state index is 5.34. The Morgan fingerprint density at radius 3 is 3.00 bits per heavy atom. The van der Waals surface area contributed by atoms with Crippen LogP contribution in [-0.4, -0.2) is 12.7 Å². The largest absolute Gasteiger partial charge is 0.374 e. The average molecular weight is 112 g/mol. The number of hydrogen-bond donors (Lipinski definition) is 0. The first-order valence-electron chi connectivity index (χ1n) is 3.21. The Morgan fingerprint density at radius 2 is 2.62 bits per heavy atom. The second-order valence-corrected chi connectivity index (χ2v) is 2.03. The molecule has 0 amide bonds. The highest BCUT2D eigenvalue weighted by Gasteiger charge is 2.03. The van der Waals surface area contributed by atoms with Gasteiger partial charge in [-0.15, -0.1) is 0 Å². The van der Waals surface area contributed by atoms with Gasteiger partial charge in [-0.1, -0.05) is 19.1 Å². The molecule has 0 spiro atoms. The van der Waals surface area contributed by atoms with Gasteiger partial charge in [0.15, 0.2) is 0 Å². The van der Waals surface area contributed by atoms with Gasteiger partial charge in [0, 0.05) is 0 Å². The molecule has 0 aromatic rings. The molecule has 46 valence electrons. The van der Waals surface area contributed by atoms with E-state index in [4.69, 9.17) is 4.74 Å². The van der Waals surface area contributed by atoms with Crippen LogP contribution >= 0.6 is 0 Å². The standard InChI is InChI=1S/C7H12O/c1-2-7-5-3-4-6-8-7/h3,5,7H,2,4,6H2,1H3. The van der Waals surface area contributed by atoms with E-state index >= 15 is 0 Å². The first-order chi connectivity index (χ1) is 3.93. The third-order valence-corrected chi connectivity index (χ3v) is 1.37. The van der Waals surface area contributed by atoms with Crippen LogP contribution in [0.25, 0.3) is 0 Å². The molecule has 1 aliphatic rings. The molecule has 1 nitrogen and oxygen atoms in total. The van der Waals surface area contributed by atoms with E-state index in [0.717, 1.165) is 19.4 Å². The molecule has 1 heterocycles. The minimum atomic E-state index is 0.406. The van der Waals surface area contributed by atoms with Crippen molar-refractivity contribution >= 4 is 0 Å². The van der Waals surface area contributed by atoms with Crippen molar-refractivity contribution in [3.05, 3.63) is 12.2 Å². The predicted molar refractivity (Wildman–Crippen MR) is 33.8 cm³/mol. The molecule has 0 aromatic carbocycles. The van der Waals surface area contributed by atoms with E-state index in [1.807, 2.05) is 0 Å². The quantitative estimate of drug-likeness (QED) is 0.469. The Bertz CT molecular complexity index is 86.4. The Balaban J connectivity index is 2.32. The molecule has 1 rings (SSSR count). The lowest BCUT2D eigenvalue weighted by molar-refractivity contribution is 0.0777. The second-order valence-electron chi connectivity index (χ2n) is 2.03. The summed E-state index contributed by atoms with van der Waals surface area (Å²) in [6.45, 7) is 3.05. The zero-order valence-electron chi connectivity index (χ0n) is 5.26. The summed E-state index contributed by atoms with van der Waals surface area (Å²) in [5.74, 6) is 0. The molecule has 0 aliphatic carbocycles. The lowest BCUT2D eigenvalue weighted by atomic mass is 10.2. The van der Waals surface area contributed by atoms with Crippen molar-refractivity contribution in [3.8, 4) is 0 Å². The van der Waals surface area contributed by atoms with Crippen LogP contribution in [0.3, 0.4) is 0 Å². The topological polar surface area (TPSA) is 9.23 Å². The van der Waals surface area contributed by atoms with E-state index in [9.17, 15) is 0 Å². The summed E-state index contributed by atoms with van der Waals surface area (Å²) in [7, 11) is 0. The van der Waals surface area contributed by atoms with Gasteiger partial charge in [-0.05, 0) is 12.8 Å². The molecule has 1 unspecified atom stereocenters. The Morgan fingerprint density at radius 1 is 1.75 bits per heavy atom. The van der Waals surface area contributed by atoms with Gasteiger partial charge >= 0.3 is 0 Å². The molecule has 1 aliphatic heterocycles. The molecule has 1 atom stereocenters. The van der Waals surface area contributed by atoms with Gasteiger partial charge in [0.1, 0.15) is 0 Å². The Kier molecular flexibility index (Phi) is 2.10. The third-order valence-electron chi connectivity index (χ3n) is 1.37. The molecule has 0 fully saturated rings. The van der Waals surface area contributed by atoms with E-state index < -0.39 is 0 Å². The van der Waals surface area contributed by atoms with Gasteiger partial charge in [-0.25, -0.2) is 0 Å². The van der Waals surface area contributed by atoms with Gasteiger partial charge in [0.2, 0.25) is 0 Å². The lowest BCUT2D eigenvalue weighted by Gasteiger charge is -2.14. The summed E-state index contributed by atoms with van der Waals surface area (Å²) in [6.07, 6.45) is 6.94. The Hall–Kier alpha value is -0.300. The Labute approximate surface area is 50.3 Å². The predicted octanol–water partition coefficient (Wildman–Crippen LogP) is 1.74. The van der Waals surface area contributed by atoms with Crippen LogP contribution in [0.5, 0.6) is 0 Å². The summed E-state index contributed by atoms with van der Waals surface area (Å²) in [4.78, 5) is 0. The van der Waals surface area contributed by atoms with Gasteiger partial charge < -0.3 is 4.74 Å². The van der Waals surface area contributed by atoms with Crippen molar-refractivity contribution in [3.63, 3.8) is 0 Å². The minimum absolute atomic E-state index is 0.406. The van der Waals surface area contributed by atoms with Crippen LogP contribution in [0.1, 0.15) is 19.8 Å². The maximum Gasteiger partial charge on any atom is 0.0753 e. The molecule has 8 heavy (non-hydrogen) atoms. The molecular formula is C7H12O. The van der Waals surface area contributed by atoms with Crippen LogP contribution in [-0.2, 0) is 4.74 Å². The monoisotopic (exact) mass is 112 g/mol. The smallest absolute Gasteiger partial charge is 0.0753 e. The fraction of sp³-hybridized carbons (Fsp3) is 0.714. The SMILES string of the molecule is CCC1C=CCCO1. The summed E-state index contributed by atoms with van der Waals surface area (Å²) in [5, 5.41) is 0. The molecule has 0 radical (unpaired) electrons. The highest BCUT2D eigenvalue weighted by molar-refractivity contribution is 4.92. The molecule has 0 N–H and O–H groups in total. The van der Waals surface area contributed by atoms with Gasteiger partial charge in [0.05, 0.1) is 12.7 Å². The molecule has 0 saturated heterocycles. The zero-order chi connectivity index (χ0) is 5.82. The average Bonchev–Trinajstić information content (AvgIpc) is 1.90. The van der Waals surface area contributed by atoms with Crippen molar-refractivity contribution in [1.82, 2.24) is 0 Å². The lowest BCUT2D eigenvalue weighted by Crippen LogP contribution is -2.12. The van der Waals surface area contributed by atoms with Crippen LogP contribution in [0, 0.1) is 0 Å². The molecule has 1 heteroatoms. The van der Waals surface area contributed by atoms with Crippen molar-refractivity contribution in [1.29, 1.82) is 0 Å². The zero-order valence-corrected chi connectivity index (χ0v) is 5.26. The first kappa shape index (κ1) is 5.83. The molecule has 0 aromatic heterocycles. The molecule has 0 bridgehead atoms. The van der Waals surface area contributed by atoms with Crippen LogP contribution in [0.2, 0.25) is 0 Å². The van der Waals surface area contributed by atoms with Gasteiger partial charge in [-0.2, -0.15) is 0 Å². The summed E-state index contributed by atoms with van der Waals surface area (Å²) in [5.41, 5.74) is 0. The number of rotatable bonds is 1. The van der Waals surface area contributed by atoms with E-state index in [1.165, 1.54) is 0 Å². The van der Waals surface area contributed by atoms with Crippen molar-refractivity contribution in [2.24, 2.45) is 0 Å². The molecule has 0 saturated carbocycles. The van der Waals surface area contributed by atoms with Crippen molar-refractivity contribution in [2.45, 2.75) is 25.9 Å². The third kappa shape index (κ3) is 1.34. The number of ether oxygens (including phenoxy) is 1. The minimum Gasteiger partial charge on any atom is -0.374 e. The summed E-state index contributed by atoms with van der Waals surface area (Å²) in [6, 6.07) is 0. The normalized spacial score (nSPS) is 28.4. The van der Waals surface area contributed by atoms with Crippen molar-refractivity contribution < 1.29 is 4.74 Å². The maximum atomic E-state index is 5.34. The molecular weight excluding hydrogens is 100 g/mol. The van der Waals surface area contributed by atoms with Crippen molar-refractivity contribution in [2.75, 3.05) is 6.61 Å². The second kappa shape index (κ2) is 2.88. The fourth-order valence-electron chi connectivity index (χ4n) is 0.845. The van der Waals surface area contributed by atoms with Gasteiger partial charge in [-0.3, -0.25) is 0 Å². The fourth-order valence-corrected chi connectivity index (χ4v) is 0.845. The first-order valence-corrected chi connectivity index (χ1v) is 3.21. The highest BCUT2D eigenvalue weighted by Crippen LogP contribution is 2.06.